The molecule has 0 aliphatic heterocycles. The first-order chi connectivity index (χ1) is 6.56. The molecule has 5 heteroatoms. The zero-order chi connectivity index (χ0) is 11.1. The van der Waals surface area contributed by atoms with Crippen molar-refractivity contribution in [1.29, 1.82) is 0 Å². The summed E-state index contributed by atoms with van der Waals surface area (Å²) in [6, 6.07) is 0. The average molecular weight is 198 g/mol. The van der Waals surface area contributed by atoms with Crippen LogP contribution in [0.15, 0.2) is 15.8 Å². The smallest absolute Gasteiger partial charge is 0.304 e. The van der Waals surface area contributed by atoms with Gasteiger partial charge in [0.05, 0.1) is 0 Å². The summed E-state index contributed by atoms with van der Waals surface area (Å²) >= 11 is 0. The fraction of sp³-hybridized carbons (Fsp3) is 0.444. The number of H-pyrrole nitrogens is 1. The minimum atomic E-state index is -0.344. The van der Waals surface area contributed by atoms with E-state index in [-0.39, 0.29) is 11.2 Å². The van der Waals surface area contributed by atoms with E-state index < -0.39 is 0 Å². The molecule has 1 rings (SSSR count). The van der Waals surface area contributed by atoms with Crippen molar-refractivity contribution in [3.63, 3.8) is 0 Å². The molecule has 0 amide bonds. The zero-order valence-electron chi connectivity index (χ0n) is 8.53. The number of aromatic nitrogens is 2. The van der Waals surface area contributed by atoms with Crippen LogP contribution in [-0.2, 0) is 11.3 Å². The van der Waals surface area contributed by atoms with E-state index >= 15 is 0 Å². The van der Waals surface area contributed by atoms with Crippen LogP contribution in [0, 0.1) is 6.92 Å². The normalized spacial score (nSPS) is 8.79. The number of aldehydes is 1. The number of hydrogen-bond donors (Lipinski definition) is 1. The van der Waals surface area contributed by atoms with Crippen molar-refractivity contribution in [1.82, 2.24) is 9.55 Å². The van der Waals surface area contributed by atoms with Crippen LogP contribution < -0.4 is 11.2 Å². The third-order valence-corrected chi connectivity index (χ3v) is 1.53. The van der Waals surface area contributed by atoms with Crippen LogP contribution in [0.1, 0.15) is 19.4 Å². The Morgan fingerprint density at radius 2 is 2.00 bits per heavy atom. The highest BCUT2D eigenvalue weighted by Gasteiger charge is 1.96. The number of nitrogens with one attached hydrogen (secondary N) is 1. The van der Waals surface area contributed by atoms with Gasteiger partial charge in [0.1, 0.15) is 6.29 Å². The van der Waals surface area contributed by atoms with Crippen molar-refractivity contribution in [2.75, 3.05) is 0 Å². The monoisotopic (exact) mass is 198 g/mol. The molecule has 78 valence electrons. The molecule has 1 heterocycles. The molecule has 0 radical (unpaired) electrons. The van der Waals surface area contributed by atoms with Crippen LogP contribution in [0.5, 0.6) is 0 Å². The number of aromatic amines is 1. The van der Waals surface area contributed by atoms with E-state index in [2.05, 4.69) is 4.98 Å². The molecule has 5 nitrogen and oxygen atoms in total. The van der Waals surface area contributed by atoms with Crippen molar-refractivity contribution in [2.24, 2.45) is 0 Å². The molecule has 0 unspecified atom stereocenters. The Bertz CT molecular complexity index is 403. The molecule has 1 N–H and O–H groups in total. The van der Waals surface area contributed by atoms with E-state index in [0.29, 0.717) is 12.1 Å². The minimum Gasteiger partial charge on any atom is -0.304 e. The van der Waals surface area contributed by atoms with Crippen molar-refractivity contribution < 1.29 is 4.79 Å². The first kappa shape index (κ1) is 12.3. The highest BCUT2D eigenvalue weighted by atomic mass is 16.2. The van der Waals surface area contributed by atoms with E-state index in [0.717, 1.165) is 6.29 Å². The maximum Gasteiger partial charge on any atom is 0.328 e. The topological polar surface area (TPSA) is 71.9 Å². The molecule has 0 bridgehead atoms. The summed E-state index contributed by atoms with van der Waals surface area (Å²) in [5, 5.41) is 0. The molecule has 0 aliphatic carbocycles. The van der Waals surface area contributed by atoms with Gasteiger partial charge in [0.15, 0.2) is 0 Å². The van der Waals surface area contributed by atoms with Crippen LogP contribution in [0.3, 0.4) is 0 Å². The molecule has 0 aromatic carbocycles. The SMILES string of the molecule is CC=O.CCn1cc(C)c(=O)[nH]c1=O. The molecule has 0 spiro atoms. The second-order valence-corrected chi connectivity index (χ2v) is 2.59. The predicted octanol–water partition coefficient (Wildman–Crippen LogP) is 0.0701. The lowest BCUT2D eigenvalue weighted by Gasteiger charge is -1.99. The van der Waals surface area contributed by atoms with Gasteiger partial charge >= 0.3 is 5.69 Å². The molecule has 1 aromatic rings. The largest absolute Gasteiger partial charge is 0.328 e. The number of rotatable bonds is 1. The van der Waals surface area contributed by atoms with Crippen molar-refractivity contribution in [3.05, 3.63) is 32.6 Å². The molecule has 0 saturated carbocycles. The van der Waals surface area contributed by atoms with Crippen molar-refractivity contribution in [2.45, 2.75) is 27.3 Å². The summed E-state index contributed by atoms with van der Waals surface area (Å²) in [5.41, 5.74) is -0.0887. The van der Waals surface area contributed by atoms with Gasteiger partial charge in [-0.15, -0.1) is 0 Å². The summed E-state index contributed by atoms with van der Waals surface area (Å²) in [4.78, 5) is 32.8. The maximum atomic E-state index is 10.9. The lowest BCUT2D eigenvalue weighted by molar-refractivity contribution is -0.106. The summed E-state index contributed by atoms with van der Waals surface area (Å²) in [7, 11) is 0. The van der Waals surface area contributed by atoms with Gasteiger partial charge in [-0.1, -0.05) is 0 Å². The van der Waals surface area contributed by atoms with E-state index in [1.54, 1.807) is 13.1 Å². The zero-order valence-corrected chi connectivity index (χ0v) is 8.53. The third-order valence-electron chi connectivity index (χ3n) is 1.53. The molecule has 0 saturated heterocycles. The van der Waals surface area contributed by atoms with Crippen LogP contribution in [0.25, 0.3) is 0 Å². The summed E-state index contributed by atoms with van der Waals surface area (Å²) in [6.45, 7) is 5.54. The molecule has 14 heavy (non-hydrogen) atoms. The van der Waals surface area contributed by atoms with Crippen LogP contribution in [0.4, 0.5) is 0 Å². The number of hydrogen-bond acceptors (Lipinski definition) is 3. The standard InChI is InChI=1S/C7H10N2O2.C2H4O/c1-3-9-4-5(2)6(10)8-7(9)11;1-2-3/h4H,3H2,1-2H3,(H,8,10,11);2H,1H3. The average Bonchev–Trinajstić information content (AvgIpc) is 2.12. The van der Waals surface area contributed by atoms with Crippen LogP contribution in [0.2, 0.25) is 0 Å². The van der Waals surface area contributed by atoms with Crippen molar-refractivity contribution >= 4 is 6.29 Å². The van der Waals surface area contributed by atoms with Gasteiger partial charge in [0.2, 0.25) is 0 Å². The van der Waals surface area contributed by atoms with Gasteiger partial charge in [0, 0.05) is 18.3 Å². The number of aryl methyl sites for hydroxylation is 2. The lowest BCUT2D eigenvalue weighted by Crippen LogP contribution is -2.30. The Morgan fingerprint density at radius 3 is 2.43 bits per heavy atom. The third kappa shape index (κ3) is 3.38. The van der Waals surface area contributed by atoms with E-state index in [1.165, 1.54) is 11.5 Å². The highest BCUT2D eigenvalue weighted by molar-refractivity contribution is 5.44. The Hall–Kier alpha value is -1.65. The van der Waals surface area contributed by atoms with E-state index in [1.807, 2.05) is 6.92 Å². The van der Waals surface area contributed by atoms with Gasteiger partial charge in [-0.2, -0.15) is 0 Å². The van der Waals surface area contributed by atoms with Gasteiger partial charge in [-0.05, 0) is 20.8 Å². The maximum absolute atomic E-state index is 10.9. The quantitative estimate of drug-likeness (QED) is 0.649. The molecule has 1 aromatic heterocycles. The van der Waals surface area contributed by atoms with Gasteiger partial charge in [-0.25, -0.2) is 4.79 Å². The number of nitrogens with zero attached hydrogens (tertiary/aromatic N) is 1. The molecule has 0 aliphatic rings. The van der Waals surface area contributed by atoms with Crippen molar-refractivity contribution in [3.8, 4) is 0 Å². The molecule has 0 atom stereocenters. The molecule has 0 fully saturated rings. The fourth-order valence-corrected chi connectivity index (χ4v) is 0.853. The van der Waals surface area contributed by atoms with Gasteiger partial charge in [0.25, 0.3) is 5.56 Å². The second kappa shape index (κ2) is 5.90. The second-order valence-electron chi connectivity index (χ2n) is 2.59. The Morgan fingerprint density at radius 1 is 1.50 bits per heavy atom. The Kier molecular flexibility index (Phi) is 5.21. The first-order valence-electron chi connectivity index (χ1n) is 4.27. The summed E-state index contributed by atoms with van der Waals surface area (Å²) in [6.07, 6.45) is 2.31. The van der Waals surface area contributed by atoms with Gasteiger partial charge in [-0.3, -0.25) is 9.78 Å². The summed E-state index contributed by atoms with van der Waals surface area (Å²) in [5.74, 6) is 0. The first-order valence-corrected chi connectivity index (χ1v) is 4.27. The Balaban J connectivity index is 0.000000500. The molecular formula is C9H14N2O3. The highest BCUT2D eigenvalue weighted by Crippen LogP contribution is 1.82. The lowest BCUT2D eigenvalue weighted by atomic mass is 10.4. The van der Waals surface area contributed by atoms with Crippen LogP contribution in [-0.4, -0.2) is 15.8 Å². The number of carbonyl (C=O) groups is 1. The summed E-state index contributed by atoms with van der Waals surface area (Å²) < 4.78 is 1.46. The minimum absolute atomic E-state index is 0.306. The van der Waals surface area contributed by atoms with E-state index in [4.69, 9.17) is 4.79 Å². The van der Waals surface area contributed by atoms with Crippen LogP contribution >= 0.6 is 0 Å². The predicted molar refractivity (Wildman–Crippen MR) is 53.5 cm³/mol. The van der Waals surface area contributed by atoms with E-state index in [9.17, 15) is 9.59 Å². The fourth-order valence-electron chi connectivity index (χ4n) is 0.853. The molecular weight excluding hydrogens is 184 g/mol. The Labute approximate surface area is 81.4 Å². The van der Waals surface area contributed by atoms with Gasteiger partial charge < -0.3 is 9.36 Å². The number of carbonyl (C=O) groups excluding carboxylic acids is 1.